The van der Waals surface area contributed by atoms with Gasteiger partial charge in [-0.25, -0.2) is 0 Å². The van der Waals surface area contributed by atoms with E-state index in [9.17, 15) is 0 Å². The lowest BCUT2D eigenvalue weighted by Crippen LogP contribution is -2.00. The summed E-state index contributed by atoms with van der Waals surface area (Å²) in [6, 6.07) is 44.1. The summed E-state index contributed by atoms with van der Waals surface area (Å²) < 4.78 is 2.62. The molecule has 41 heavy (non-hydrogen) atoms. The minimum absolute atomic E-state index is 0.901. The van der Waals surface area contributed by atoms with Crippen molar-refractivity contribution in [2.24, 2.45) is 0 Å². The van der Waals surface area contributed by atoms with E-state index in [0.717, 1.165) is 16.6 Å². The Kier molecular flexibility index (Phi) is 4.80. The van der Waals surface area contributed by atoms with Gasteiger partial charge in [0.05, 0.1) is 11.0 Å². The first-order valence-electron chi connectivity index (χ1n) is 13.8. The molecule has 0 radical (unpaired) electrons. The molecule has 6 aromatic carbocycles. The highest BCUT2D eigenvalue weighted by Crippen LogP contribution is 2.53. The van der Waals surface area contributed by atoms with E-state index in [-0.39, 0.29) is 0 Å². The van der Waals surface area contributed by atoms with Crippen molar-refractivity contribution in [3.63, 3.8) is 0 Å². The summed E-state index contributed by atoms with van der Waals surface area (Å²) in [5.41, 5.74) is 13.9. The molecule has 0 spiro atoms. The Bertz CT molecular complexity index is 2330. The third-order valence-electron chi connectivity index (χ3n) is 8.37. The summed E-state index contributed by atoms with van der Waals surface area (Å²) in [6.45, 7) is 0. The van der Waals surface area contributed by atoms with Crippen molar-refractivity contribution in [3.05, 3.63) is 134 Å². The van der Waals surface area contributed by atoms with Gasteiger partial charge in [0.2, 0.25) is 0 Å². The molecule has 1 aliphatic carbocycles. The molecule has 0 atom stereocenters. The predicted molar refractivity (Wildman–Crippen MR) is 173 cm³/mol. The number of benzene rings is 6. The smallest absolute Gasteiger partial charge is 0.0971 e. The summed E-state index contributed by atoms with van der Waals surface area (Å²) in [5.74, 6) is 0. The Labute approximate surface area is 241 Å². The predicted octanol–water partition coefficient (Wildman–Crippen LogP) is 10.6. The van der Waals surface area contributed by atoms with Crippen LogP contribution in [0.1, 0.15) is 0 Å². The van der Waals surface area contributed by atoms with E-state index < -0.39 is 0 Å². The molecule has 0 aliphatic heterocycles. The van der Waals surface area contributed by atoms with Gasteiger partial charge in [-0.05, 0) is 51.1 Å². The molecule has 0 N–H and O–H groups in total. The number of rotatable bonds is 1. The first kappa shape index (κ1) is 22.7. The van der Waals surface area contributed by atoms with Crippen LogP contribution in [-0.4, -0.2) is 9.97 Å². The molecular formula is C38H22N2S. The average molecular weight is 539 g/mol. The van der Waals surface area contributed by atoms with Gasteiger partial charge in [0.15, 0.2) is 0 Å². The lowest BCUT2D eigenvalue weighted by Gasteiger charge is -2.25. The first-order valence-corrected chi connectivity index (χ1v) is 14.7. The van der Waals surface area contributed by atoms with Crippen LogP contribution in [0.25, 0.3) is 86.8 Å². The fourth-order valence-corrected chi connectivity index (χ4v) is 7.88. The maximum absolute atomic E-state index is 4.97. The Hall–Kier alpha value is -5.12. The highest BCUT2D eigenvalue weighted by atomic mass is 32.1. The lowest BCUT2D eigenvalue weighted by molar-refractivity contribution is 1.29. The van der Waals surface area contributed by atoms with Crippen LogP contribution in [0.5, 0.6) is 0 Å². The molecule has 190 valence electrons. The van der Waals surface area contributed by atoms with E-state index >= 15 is 0 Å². The van der Waals surface area contributed by atoms with E-state index in [1.807, 2.05) is 17.5 Å². The topological polar surface area (TPSA) is 25.8 Å². The maximum atomic E-state index is 4.97. The quantitative estimate of drug-likeness (QED) is 0.208. The standard InChI is InChI=1S/C38H22N2S/c1-3-11-25-23(9-1)24-10-2-4-12-26(24)30-19-20-33-37(40-22-21-39-33)36(30)35-28(25)14-7-15-29(35)32-17-8-16-31-27-13-5-6-18-34(27)41-38(31)32/h1-22H. The second-order valence-corrected chi connectivity index (χ2v) is 11.6. The van der Waals surface area contributed by atoms with Gasteiger partial charge in [-0.1, -0.05) is 109 Å². The molecule has 1 aliphatic rings. The zero-order valence-electron chi connectivity index (χ0n) is 22.0. The van der Waals surface area contributed by atoms with Crippen LogP contribution >= 0.6 is 11.3 Å². The van der Waals surface area contributed by atoms with E-state index in [1.54, 1.807) is 6.20 Å². The van der Waals surface area contributed by atoms with Gasteiger partial charge in [0.25, 0.3) is 0 Å². The van der Waals surface area contributed by atoms with Gasteiger partial charge in [-0.3, -0.25) is 9.97 Å². The normalized spacial score (nSPS) is 11.9. The molecule has 0 saturated heterocycles. The van der Waals surface area contributed by atoms with Gasteiger partial charge in [0, 0.05) is 49.3 Å². The average Bonchev–Trinajstić information content (AvgIpc) is 3.42. The van der Waals surface area contributed by atoms with Gasteiger partial charge in [-0.2, -0.15) is 0 Å². The summed E-state index contributed by atoms with van der Waals surface area (Å²) in [5, 5.41) is 2.61. The number of hydrogen-bond acceptors (Lipinski definition) is 3. The van der Waals surface area contributed by atoms with Gasteiger partial charge in [0.1, 0.15) is 0 Å². The summed E-state index contributed by atoms with van der Waals surface area (Å²) >= 11 is 1.87. The minimum atomic E-state index is 0.901. The largest absolute Gasteiger partial charge is 0.253 e. The van der Waals surface area contributed by atoms with Crippen molar-refractivity contribution in [1.29, 1.82) is 0 Å². The van der Waals surface area contributed by atoms with Crippen LogP contribution in [0, 0.1) is 0 Å². The molecule has 8 aromatic rings. The van der Waals surface area contributed by atoms with E-state index in [0.29, 0.717) is 0 Å². The number of fused-ring (bicyclic) bond motifs is 13. The molecule has 0 amide bonds. The van der Waals surface area contributed by atoms with Crippen LogP contribution in [0.15, 0.2) is 134 Å². The Morgan fingerprint density at radius 1 is 0.390 bits per heavy atom. The fourth-order valence-electron chi connectivity index (χ4n) is 6.65. The van der Waals surface area contributed by atoms with Crippen molar-refractivity contribution >= 4 is 42.5 Å². The van der Waals surface area contributed by atoms with Gasteiger partial charge < -0.3 is 0 Å². The third-order valence-corrected chi connectivity index (χ3v) is 9.59. The van der Waals surface area contributed by atoms with Crippen molar-refractivity contribution in [1.82, 2.24) is 9.97 Å². The molecule has 3 heteroatoms. The van der Waals surface area contributed by atoms with Crippen LogP contribution < -0.4 is 0 Å². The molecular weight excluding hydrogens is 516 g/mol. The number of nitrogens with zero attached hydrogens (tertiary/aromatic N) is 2. The zero-order valence-corrected chi connectivity index (χ0v) is 22.8. The molecule has 2 aromatic heterocycles. The molecule has 9 rings (SSSR count). The van der Waals surface area contributed by atoms with E-state index in [2.05, 4.69) is 121 Å². The van der Waals surface area contributed by atoms with Crippen LogP contribution in [0.2, 0.25) is 0 Å². The molecule has 0 unspecified atom stereocenters. The Balaban J connectivity index is 1.50. The van der Waals surface area contributed by atoms with Crippen molar-refractivity contribution < 1.29 is 0 Å². The second kappa shape index (κ2) is 8.69. The zero-order chi connectivity index (χ0) is 26.9. The van der Waals surface area contributed by atoms with Gasteiger partial charge >= 0.3 is 0 Å². The number of aromatic nitrogens is 2. The summed E-state index contributed by atoms with van der Waals surface area (Å²) in [6.07, 6.45) is 3.60. The molecule has 0 bridgehead atoms. The van der Waals surface area contributed by atoms with Crippen molar-refractivity contribution in [3.8, 4) is 55.6 Å². The lowest BCUT2D eigenvalue weighted by atomic mass is 9.78. The minimum Gasteiger partial charge on any atom is -0.253 e. The monoisotopic (exact) mass is 538 g/mol. The fraction of sp³-hybridized carbons (Fsp3) is 0. The number of thiophene rings is 1. The highest BCUT2D eigenvalue weighted by molar-refractivity contribution is 7.26. The van der Waals surface area contributed by atoms with Crippen molar-refractivity contribution in [2.45, 2.75) is 0 Å². The highest BCUT2D eigenvalue weighted by Gasteiger charge is 2.27. The SMILES string of the molecule is c1ccc2c(c1)-c1ccccc1-c1ccc3nccnc3c1-c1c-2cccc1-c1cccc2c1sc1ccccc12. The van der Waals surface area contributed by atoms with Crippen LogP contribution in [0.4, 0.5) is 0 Å². The van der Waals surface area contributed by atoms with Crippen molar-refractivity contribution in [2.75, 3.05) is 0 Å². The van der Waals surface area contributed by atoms with E-state index in [1.165, 1.54) is 70.2 Å². The molecule has 2 nitrogen and oxygen atoms in total. The Morgan fingerprint density at radius 3 is 1.71 bits per heavy atom. The second-order valence-electron chi connectivity index (χ2n) is 10.5. The first-order chi connectivity index (χ1) is 20.4. The summed E-state index contributed by atoms with van der Waals surface area (Å²) in [7, 11) is 0. The number of hydrogen-bond donors (Lipinski definition) is 0. The molecule has 0 saturated carbocycles. The Morgan fingerprint density at radius 2 is 0.927 bits per heavy atom. The summed E-state index contributed by atoms with van der Waals surface area (Å²) in [4.78, 5) is 9.70. The molecule has 2 heterocycles. The van der Waals surface area contributed by atoms with E-state index in [4.69, 9.17) is 9.97 Å². The maximum Gasteiger partial charge on any atom is 0.0971 e. The van der Waals surface area contributed by atoms with Gasteiger partial charge in [-0.15, -0.1) is 11.3 Å². The third kappa shape index (κ3) is 3.24. The van der Waals surface area contributed by atoms with Crippen LogP contribution in [-0.2, 0) is 0 Å². The molecule has 0 fully saturated rings. The van der Waals surface area contributed by atoms with Crippen LogP contribution in [0.3, 0.4) is 0 Å².